The van der Waals surface area contributed by atoms with E-state index >= 15 is 0 Å². The lowest BCUT2D eigenvalue weighted by molar-refractivity contribution is -0.131. The number of aromatic nitrogens is 3. The Labute approximate surface area is 235 Å². The molecule has 0 bridgehead atoms. The zero-order valence-electron chi connectivity index (χ0n) is 22.3. The fourth-order valence-electron chi connectivity index (χ4n) is 5.45. The molecular formula is C28H29F3N6O3S. The molecule has 41 heavy (non-hydrogen) atoms. The molecule has 2 aromatic heterocycles. The number of sulfone groups is 1. The number of nitriles is 1. The molecule has 1 saturated heterocycles. The van der Waals surface area contributed by atoms with Gasteiger partial charge in [-0.2, -0.15) is 10.4 Å². The molecule has 9 nitrogen and oxygen atoms in total. The number of rotatable bonds is 6. The summed E-state index contributed by atoms with van der Waals surface area (Å²) in [5.41, 5.74) is 2.06. The summed E-state index contributed by atoms with van der Waals surface area (Å²) in [5.74, 6) is -6.11. The average Bonchev–Trinajstić information content (AvgIpc) is 3.38. The van der Waals surface area contributed by atoms with E-state index in [-0.39, 0.29) is 29.4 Å². The van der Waals surface area contributed by atoms with Crippen molar-refractivity contribution in [2.24, 2.45) is 5.92 Å². The average molecular weight is 587 g/mol. The standard InChI is InChI=1S/C28H29F3N6O3S/c1-18(16-32)34-27(38)21-8-9-28(30,31)15-22(21)25-23(17-37(35-25)26-24(29)3-2-10-33-26)19-4-6-20(7-5-19)36-11-13-41(39,40)14-12-36/h2-7,10,17-18,21-22H,8-9,11-15H2,1H3,(H,34,38). The van der Waals surface area contributed by atoms with Crippen molar-refractivity contribution in [2.45, 2.75) is 44.1 Å². The lowest BCUT2D eigenvalue weighted by atomic mass is 9.74. The van der Waals surface area contributed by atoms with E-state index in [4.69, 9.17) is 5.26 Å². The smallest absolute Gasteiger partial charge is 0.248 e. The van der Waals surface area contributed by atoms with Crippen molar-refractivity contribution in [3.63, 3.8) is 0 Å². The summed E-state index contributed by atoms with van der Waals surface area (Å²) in [4.78, 5) is 19.2. The number of nitrogens with zero attached hydrogens (tertiary/aromatic N) is 5. The highest BCUT2D eigenvalue weighted by Crippen LogP contribution is 2.47. The lowest BCUT2D eigenvalue weighted by Crippen LogP contribution is -2.43. The van der Waals surface area contributed by atoms with Crippen molar-refractivity contribution in [1.29, 1.82) is 5.26 Å². The molecule has 2 fully saturated rings. The molecule has 1 saturated carbocycles. The zero-order valence-corrected chi connectivity index (χ0v) is 23.1. The molecule has 3 aromatic rings. The molecule has 1 amide bonds. The predicted molar refractivity (Wildman–Crippen MR) is 146 cm³/mol. The first-order valence-electron chi connectivity index (χ1n) is 13.3. The summed E-state index contributed by atoms with van der Waals surface area (Å²) in [6.07, 6.45) is 1.68. The maximum Gasteiger partial charge on any atom is 0.248 e. The highest BCUT2D eigenvalue weighted by Gasteiger charge is 2.46. The third-order valence-electron chi connectivity index (χ3n) is 7.65. The number of anilines is 1. The molecule has 1 aromatic carbocycles. The molecule has 2 aliphatic rings. The summed E-state index contributed by atoms with van der Waals surface area (Å²) < 4.78 is 69.2. The second-order valence-electron chi connectivity index (χ2n) is 10.5. The van der Waals surface area contributed by atoms with Crippen molar-refractivity contribution < 1.29 is 26.4 Å². The number of hydrogen-bond acceptors (Lipinski definition) is 7. The first-order valence-corrected chi connectivity index (χ1v) is 15.1. The summed E-state index contributed by atoms with van der Waals surface area (Å²) in [6, 6.07) is 10.9. The van der Waals surface area contributed by atoms with Crippen LogP contribution in [0.1, 0.15) is 37.8 Å². The minimum absolute atomic E-state index is 0.0606. The third kappa shape index (κ3) is 6.22. The van der Waals surface area contributed by atoms with E-state index in [1.165, 1.54) is 36.1 Å². The van der Waals surface area contributed by atoms with Crippen molar-refractivity contribution >= 4 is 21.4 Å². The van der Waals surface area contributed by atoms with Crippen LogP contribution in [0.15, 0.2) is 48.8 Å². The van der Waals surface area contributed by atoms with Crippen molar-refractivity contribution in [2.75, 3.05) is 29.5 Å². The van der Waals surface area contributed by atoms with Crippen LogP contribution in [0.3, 0.4) is 0 Å². The minimum Gasteiger partial charge on any atom is -0.369 e. The van der Waals surface area contributed by atoms with Crippen LogP contribution in [0.25, 0.3) is 16.9 Å². The quantitative estimate of drug-likeness (QED) is 0.466. The number of halogens is 3. The number of hydrogen-bond donors (Lipinski definition) is 1. The van der Waals surface area contributed by atoms with Crippen LogP contribution in [0.2, 0.25) is 0 Å². The molecule has 1 aliphatic carbocycles. The molecule has 3 atom stereocenters. The van der Waals surface area contributed by atoms with Gasteiger partial charge in [0, 0.05) is 61.4 Å². The topological polar surface area (TPSA) is 121 Å². The Bertz CT molecular complexity index is 1570. The summed E-state index contributed by atoms with van der Waals surface area (Å²) in [7, 11) is -3.05. The van der Waals surface area contributed by atoms with Crippen LogP contribution in [0.4, 0.5) is 18.9 Å². The van der Waals surface area contributed by atoms with Gasteiger partial charge < -0.3 is 10.2 Å². The number of benzene rings is 1. The summed E-state index contributed by atoms with van der Waals surface area (Å²) in [6.45, 7) is 2.23. The van der Waals surface area contributed by atoms with Crippen molar-refractivity contribution in [1.82, 2.24) is 20.1 Å². The molecule has 1 N–H and O–H groups in total. The molecule has 216 valence electrons. The van der Waals surface area contributed by atoms with Crippen molar-refractivity contribution in [3.8, 4) is 23.0 Å². The van der Waals surface area contributed by atoms with E-state index in [1.54, 1.807) is 12.1 Å². The monoisotopic (exact) mass is 586 g/mol. The van der Waals surface area contributed by atoms with E-state index in [2.05, 4.69) is 15.4 Å². The normalized spacial score (nSPS) is 22.5. The van der Waals surface area contributed by atoms with E-state index in [9.17, 15) is 26.4 Å². The van der Waals surface area contributed by atoms with Gasteiger partial charge in [-0.3, -0.25) is 4.79 Å². The van der Waals surface area contributed by atoms with Crippen LogP contribution < -0.4 is 10.2 Å². The molecule has 0 radical (unpaired) electrons. The molecule has 3 unspecified atom stereocenters. The molecular weight excluding hydrogens is 557 g/mol. The summed E-state index contributed by atoms with van der Waals surface area (Å²) in [5, 5.41) is 16.3. The van der Waals surface area contributed by atoms with Crippen LogP contribution >= 0.6 is 0 Å². The Hall–Kier alpha value is -3.92. The Kier molecular flexibility index (Phi) is 7.78. The Balaban J connectivity index is 1.56. The number of nitrogens with one attached hydrogen (secondary N) is 1. The first-order chi connectivity index (χ1) is 19.5. The summed E-state index contributed by atoms with van der Waals surface area (Å²) >= 11 is 0. The van der Waals surface area contributed by atoms with Gasteiger partial charge in [-0.15, -0.1) is 0 Å². The zero-order chi connectivity index (χ0) is 29.4. The second kappa shape index (κ2) is 11.2. The maximum absolute atomic E-state index is 14.8. The van der Waals surface area contributed by atoms with E-state index in [0.717, 1.165) is 5.69 Å². The van der Waals surface area contributed by atoms with E-state index < -0.39 is 58.2 Å². The molecule has 1 aliphatic heterocycles. The van der Waals surface area contributed by atoms with Crippen LogP contribution in [0.5, 0.6) is 0 Å². The number of alkyl halides is 2. The largest absolute Gasteiger partial charge is 0.369 e. The molecule has 3 heterocycles. The molecule has 5 rings (SSSR count). The van der Waals surface area contributed by atoms with Gasteiger partial charge in [0.1, 0.15) is 6.04 Å². The lowest BCUT2D eigenvalue weighted by Gasteiger charge is -2.35. The van der Waals surface area contributed by atoms with Crippen LogP contribution in [-0.4, -0.2) is 65.6 Å². The fourth-order valence-corrected chi connectivity index (χ4v) is 6.65. The van der Waals surface area contributed by atoms with E-state index in [1.807, 2.05) is 23.1 Å². The van der Waals surface area contributed by atoms with Gasteiger partial charge in [-0.05, 0) is 43.2 Å². The molecule has 0 spiro atoms. The van der Waals surface area contributed by atoms with Gasteiger partial charge in [-0.25, -0.2) is 31.3 Å². The van der Waals surface area contributed by atoms with Gasteiger partial charge in [0.15, 0.2) is 21.5 Å². The van der Waals surface area contributed by atoms with Gasteiger partial charge in [0.2, 0.25) is 11.8 Å². The van der Waals surface area contributed by atoms with Gasteiger partial charge in [-0.1, -0.05) is 12.1 Å². The Morgan fingerprint density at radius 3 is 2.56 bits per heavy atom. The number of carbonyl (C=O) groups is 1. The molecule has 13 heteroatoms. The van der Waals surface area contributed by atoms with Crippen LogP contribution in [-0.2, 0) is 14.6 Å². The van der Waals surface area contributed by atoms with Gasteiger partial charge >= 0.3 is 0 Å². The number of pyridine rings is 1. The van der Waals surface area contributed by atoms with Crippen molar-refractivity contribution in [3.05, 3.63) is 60.3 Å². The predicted octanol–water partition coefficient (Wildman–Crippen LogP) is 3.86. The van der Waals surface area contributed by atoms with E-state index in [0.29, 0.717) is 24.2 Å². The second-order valence-corrected chi connectivity index (χ2v) is 12.8. The minimum atomic E-state index is -3.05. The first kappa shape index (κ1) is 28.6. The van der Waals surface area contributed by atoms with Gasteiger partial charge in [0.05, 0.1) is 23.3 Å². The Morgan fingerprint density at radius 2 is 1.90 bits per heavy atom. The Morgan fingerprint density at radius 1 is 1.20 bits per heavy atom. The number of carbonyl (C=O) groups excluding carboxylic acids is 1. The SMILES string of the molecule is CC(C#N)NC(=O)C1CCC(F)(F)CC1c1nn(-c2ncccc2F)cc1-c1ccc(N2CCS(=O)(=O)CC2)cc1. The maximum atomic E-state index is 14.8. The van der Waals surface area contributed by atoms with Crippen LogP contribution in [0, 0.1) is 23.1 Å². The third-order valence-corrected chi connectivity index (χ3v) is 9.26. The van der Waals surface area contributed by atoms with Gasteiger partial charge in [0.25, 0.3) is 0 Å². The fraction of sp³-hybridized carbons (Fsp3) is 0.429. The highest BCUT2D eigenvalue weighted by atomic mass is 32.2. The highest BCUT2D eigenvalue weighted by molar-refractivity contribution is 7.91. The number of amides is 1.